The van der Waals surface area contributed by atoms with E-state index in [0.717, 1.165) is 34.8 Å². The minimum atomic E-state index is -0.226. The Morgan fingerprint density at radius 3 is 2.46 bits per heavy atom. The van der Waals surface area contributed by atoms with Gasteiger partial charge in [-0.3, -0.25) is 0 Å². The molecule has 3 aromatic rings. The average Bonchev–Trinajstić information content (AvgIpc) is 3.20. The smallest absolute Gasteiger partial charge is 0.213 e. The number of fused-ring (bicyclic) bond motifs is 3. The Hall–Kier alpha value is -3.27. The predicted molar refractivity (Wildman–Crippen MR) is 110 cm³/mol. The molecule has 28 heavy (non-hydrogen) atoms. The van der Waals surface area contributed by atoms with Gasteiger partial charge in [0.1, 0.15) is 11.5 Å². The lowest BCUT2D eigenvalue weighted by Gasteiger charge is -2.38. The number of ether oxygens (including phenoxy) is 2. The SMILES string of the molecule is COc1ccc(C2=NN3C(C2)c2ccccc2OC3c2ccc(C)cc2)cc1. The zero-order valence-electron chi connectivity index (χ0n) is 16.0. The summed E-state index contributed by atoms with van der Waals surface area (Å²) in [7, 11) is 1.68. The molecule has 2 heterocycles. The Morgan fingerprint density at radius 1 is 0.964 bits per heavy atom. The number of aryl methyl sites for hydroxylation is 1. The minimum absolute atomic E-state index is 0.174. The number of hydrogen-bond donors (Lipinski definition) is 0. The van der Waals surface area contributed by atoms with E-state index in [1.807, 2.05) is 18.2 Å². The van der Waals surface area contributed by atoms with Crippen LogP contribution in [0.2, 0.25) is 0 Å². The van der Waals surface area contributed by atoms with Crippen molar-refractivity contribution in [1.29, 1.82) is 0 Å². The highest BCUT2D eigenvalue weighted by Gasteiger charge is 2.40. The van der Waals surface area contributed by atoms with Crippen molar-refractivity contribution in [1.82, 2.24) is 5.01 Å². The molecule has 0 amide bonds. The molecular weight excluding hydrogens is 348 g/mol. The second-order valence-corrected chi connectivity index (χ2v) is 7.29. The van der Waals surface area contributed by atoms with Crippen LogP contribution in [0.1, 0.15) is 40.9 Å². The van der Waals surface area contributed by atoms with Gasteiger partial charge in [0.15, 0.2) is 0 Å². The van der Waals surface area contributed by atoms with Crippen LogP contribution in [0.3, 0.4) is 0 Å². The summed E-state index contributed by atoms with van der Waals surface area (Å²) < 4.78 is 11.7. The van der Waals surface area contributed by atoms with Crippen LogP contribution in [0.5, 0.6) is 11.5 Å². The maximum atomic E-state index is 6.39. The van der Waals surface area contributed by atoms with Gasteiger partial charge in [0.2, 0.25) is 6.23 Å². The van der Waals surface area contributed by atoms with Crippen LogP contribution < -0.4 is 9.47 Å². The maximum absolute atomic E-state index is 6.39. The Bertz CT molecular complexity index is 1030. The van der Waals surface area contributed by atoms with Gasteiger partial charge in [-0.25, -0.2) is 5.01 Å². The second kappa shape index (κ2) is 6.71. The first kappa shape index (κ1) is 16.9. The number of methoxy groups -OCH3 is 1. The van der Waals surface area contributed by atoms with Gasteiger partial charge >= 0.3 is 0 Å². The van der Waals surface area contributed by atoms with Crippen LogP contribution >= 0.6 is 0 Å². The van der Waals surface area contributed by atoms with Gasteiger partial charge in [-0.15, -0.1) is 0 Å². The van der Waals surface area contributed by atoms with E-state index in [-0.39, 0.29) is 12.3 Å². The minimum Gasteiger partial charge on any atom is -0.497 e. The van der Waals surface area contributed by atoms with Crippen LogP contribution in [0.4, 0.5) is 0 Å². The summed E-state index contributed by atoms with van der Waals surface area (Å²) in [4.78, 5) is 0. The molecule has 0 saturated heterocycles. The number of para-hydroxylation sites is 1. The Morgan fingerprint density at radius 2 is 1.71 bits per heavy atom. The summed E-state index contributed by atoms with van der Waals surface area (Å²) in [6.07, 6.45) is 0.631. The van der Waals surface area contributed by atoms with Crippen molar-refractivity contribution in [2.75, 3.05) is 7.11 Å². The van der Waals surface area contributed by atoms with Crippen LogP contribution in [0, 0.1) is 6.92 Å². The first-order valence-corrected chi connectivity index (χ1v) is 9.55. The van der Waals surface area contributed by atoms with Crippen molar-refractivity contribution < 1.29 is 9.47 Å². The predicted octanol–water partition coefficient (Wildman–Crippen LogP) is 5.25. The molecule has 3 aromatic carbocycles. The van der Waals surface area contributed by atoms with Crippen LogP contribution in [0.25, 0.3) is 0 Å². The van der Waals surface area contributed by atoms with E-state index >= 15 is 0 Å². The van der Waals surface area contributed by atoms with Crippen LogP contribution in [-0.2, 0) is 0 Å². The fourth-order valence-electron chi connectivity index (χ4n) is 3.94. The van der Waals surface area contributed by atoms with Gasteiger partial charge in [0, 0.05) is 17.5 Å². The topological polar surface area (TPSA) is 34.1 Å². The van der Waals surface area contributed by atoms with Crippen molar-refractivity contribution >= 4 is 5.71 Å². The van der Waals surface area contributed by atoms with Gasteiger partial charge in [-0.2, -0.15) is 5.10 Å². The van der Waals surface area contributed by atoms with Crippen molar-refractivity contribution in [3.05, 3.63) is 95.1 Å². The molecule has 0 saturated carbocycles. The molecule has 0 aliphatic carbocycles. The van der Waals surface area contributed by atoms with Crippen molar-refractivity contribution in [2.45, 2.75) is 25.6 Å². The summed E-state index contributed by atoms with van der Waals surface area (Å²) in [6.45, 7) is 2.10. The van der Waals surface area contributed by atoms with Gasteiger partial charge in [-0.1, -0.05) is 48.0 Å². The van der Waals surface area contributed by atoms with E-state index in [9.17, 15) is 0 Å². The molecule has 0 radical (unpaired) electrons. The molecule has 2 aliphatic heterocycles. The normalized spacial score (nSPS) is 20.1. The Kier molecular flexibility index (Phi) is 4.05. The summed E-state index contributed by atoms with van der Waals surface area (Å²) >= 11 is 0. The van der Waals surface area contributed by atoms with E-state index < -0.39 is 0 Å². The third kappa shape index (κ3) is 2.82. The Labute approximate surface area is 165 Å². The van der Waals surface area contributed by atoms with E-state index in [2.05, 4.69) is 66.5 Å². The third-order valence-corrected chi connectivity index (χ3v) is 5.48. The van der Waals surface area contributed by atoms with E-state index in [4.69, 9.17) is 14.6 Å². The zero-order chi connectivity index (χ0) is 19.1. The third-order valence-electron chi connectivity index (χ3n) is 5.48. The van der Waals surface area contributed by atoms with Crippen LogP contribution in [-0.4, -0.2) is 17.8 Å². The highest BCUT2D eigenvalue weighted by molar-refractivity contribution is 6.02. The number of hydrogen-bond acceptors (Lipinski definition) is 4. The molecule has 140 valence electrons. The quantitative estimate of drug-likeness (QED) is 0.632. The van der Waals surface area contributed by atoms with Crippen LogP contribution in [0.15, 0.2) is 77.9 Å². The van der Waals surface area contributed by atoms with E-state index in [0.29, 0.717) is 0 Å². The molecular formula is C24H22N2O2. The summed E-state index contributed by atoms with van der Waals surface area (Å²) in [5.41, 5.74) is 5.74. The molecule has 2 atom stereocenters. The van der Waals surface area contributed by atoms with E-state index in [1.165, 1.54) is 11.1 Å². The van der Waals surface area contributed by atoms with Crippen molar-refractivity contribution in [2.24, 2.45) is 5.10 Å². The number of hydrazone groups is 1. The molecule has 0 spiro atoms. The highest BCUT2D eigenvalue weighted by Crippen LogP contribution is 2.47. The summed E-state index contributed by atoms with van der Waals surface area (Å²) in [5, 5.41) is 7.12. The number of benzene rings is 3. The maximum Gasteiger partial charge on any atom is 0.213 e. The first-order chi connectivity index (χ1) is 13.7. The lowest BCUT2D eigenvalue weighted by molar-refractivity contribution is -0.0190. The summed E-state index contributed by atoms with van der Waals surface area (Å²) in [6, 6.07) is 25.1. The van der Waals surface area contributed by atoms with Crippen molar-refractivity contribution in [3.8, 4) is 11.5 Å². The molecule has 0 N–H and O–H groups in total. The molecule has 2 aliphatic rings. The number of rotatable bonds is 3. The monoisotopic (exact) mass is 370 g/mol. The van der Waals surface area contributed by atoms with Crippen molar-refractivity contribution in [3.63, 3.8) is 0 Å². The molecule has 4 heteroatoms. The largest absolute Gasteiger partial charge is 0.497 e. The number of nitrogens with zero attached hydrogens (tertiary/aromatic N) is 2. The molecule has 0 bridgehead atoms. The zero-order valence-corrected chi connectivity index (χ0v) is 16.0. The lowest BCUT2D eigenvalue weighted by atomic mass is 9.96. The molecule has 0 fully saturated rings. The average molecular weight is 370 g/mol. The second-order valence-electron chi connectivity index (χ2n) is 7.29. The molecule has 5 rings (SSSR count). The fraction of sp³-hybridized carbons (Fsp3) is 0.208. The molecule has 2 unspecified atom stereocenters. The van der Waals surface area contributed by atoms with Gasteiger partial charge in [-0.05, 0) is 42.8 Å². The van der Waals surface area contributed by atoms with Gasteiger partial charge < -0.3 is 9.47 Å². The highest BCUT2D eigenvalue weighted by atomic mass is 16.5. The molecule has 0 aromatic heterocycles. The van der Waals surface area contributed by atoms with Gasteiger partial charge in [0.05, 0.1) is 18.9 Å². The van der Waals surface area contributed by atoms with Gasteiger partial charge in [0.25, 0.3) is 0 Å². The van der Waals surface area contributed by atoms with E-state index in [1.54, 1.807) is 7.11 Å². The first-order valence-electron chi connectivity index (χ1n) is 9.55. The standard InChI is InChI=1S/C24H22N2O2/c1-16-7-9-18(10-8-16)24-26-22(20-5-3-4-6-23(20)28-24)15-21(25-26)17-11-13-19(27-2)14-12-17/h3-14,22,24H,15H2,1-2H3. The lowest BCUT2D eigenvalue weighted by Crippen LogP contribution is -2.33. The summed E-state index contributed by atoms with van der Waals surface area (Å²) in [5.74, 6) is 1.80. The molecule has 4 nitrogen and oxygen atoms in total. The Balaban J connectivity index is 1.56. The fourth-order valence-corrected chi connectivity index (χ4v) is 3.94.